The van der Waals surface area contributed by atoms with Crippen molar-refractivity contribution < 1.29 is 9.53 Å². The standard InChI is InChI=1S/C25H33N5O2.HI/c1-2-26-25(30-13-10-21-7-3-4-9-23(21)30)27-19-20-6-5-8-22(18-20)28-24(31)11-12-29-14-16-32-17-15-29;/h3-9,18H,2,10-17,19H2,1H3,(H,26,27)(H,28,31);1H. The lowest BCUT2D eigenvalue weighted by Crippen LogP contribution is -2.40. The highest BCUT2D eigenvalue weighted by Gasteiger charge is 2.22. The minimum atomic E-state index is 0. The van der Waals surface area contributed by atoms with Gasteiger partial charge in [-0.1, -0.05) is 30.3 Å². The first-order valence-corrected chi connectivity index (χ1v) is 11.6. The van der Waals surface area contributed by atoms with Crippen LogP contribution in [0.25, 0.3) is 0 Å². The van der Waals surface area contributed by atoms with Gasteiger partial charge in [0.05, 0.1) is 19.8 Å². The molecule has 1 saturated heterocycles. The number of benzene rings is 2. The molecule has 1 fully saturated rings. The Morgan fingerprint density at radius 2 is 1.91 bits per heavy atom. The van der Waals surface area contributed by atoms with Crippen LogP contribution in [-0.2, 0) is 22.5 Å². The van der Waals surface area contributed by atoms with Gasteiger partial charge < -0.3 is 20.3 Å². The van der Waals surface area contributed by atoms with Crippen molar-refractivity contribution in [3.63, 3.8) is 0 Å². The molecule has 2 aromatic carbocycles. The largest absolute Gasteiger partial charge is 0.379 e. The Balaban J connectivity index is 0.00000306. The third-order valence-electron chi connectivity index (χ3n) is 5.86. The van der Waals surface area contributed by atoms with E-state index in [1.165, 1.54) is 11.3 Å². The number of hydrogen-bond acceptors (Lipinski definition) is 4. The molecule has 0 spiro atoms. The highest BCUT2D eigenvalue weighted by atomic mass is 127. The Kier molecular flexibility index (Phi) is 9.95. The maximum atomic E-state index is 12.4. The molecule has 0 saturated carbocycles. The maximum Gasteiger partial charge on any atom is 0.225 e. The highest BCUT2D eigenvalue weighted by Crippen LogP contribution is 2.27. The van der Waals surface area contributed by atoms with Gasteiger partial charge in [0, 0.05) is 50.5 Å². The second-order valence-electron chi connectivity index (χ2n) is 8.15. The van der Waals surface area contributed by atoms with Gasteiger partial charge in [0.1, 0.15) is 0 Å². The Hall–Kier alpha value is -2.17. The summed E-state index contributed by atoms with van der Waals surface area (Å²) in [5, 5.41) is 6.45. The Morgan fingerprint density at radius 3 is 2.73 bits per heavy atom. The number of carbonyl (C=O) groups excluding carboxylic acids is 1. The number of amides is 1. The van der Waals surface area contributed by atoms with Crippen LogP contribution in [0.2, 0.25) is 0 Å². The topological polar surface area (TPSA) is 69.2 Å². The van der Waals surface area contributed by atoms with E-state index in [2.05, 4.69) is 51.6 Å². The summed E-state index contributed by atoms with van der Waals surface area (Å²) in [5.41, 5.74) is 4.48. The third kappa shape index (κ3) is 7.15. The zero-order valence-electron chi connectivity index (χ0n) is 19.3. The van der Waals surface area contributed by atoms with E-state index in [-0.39, 0.29) is 29.9 Å². The monoisotopic (exact) mass is 563 g/mol. The summed E-state index contributed by atoms with van der Waals surface area (Å²) in [7, 11) is 0. The molecule has 2 N–H and O–H groups in total. The number of ether oxygens (including phenoxy) is 1. The van der Waals surface area contributed by atoms with Gasteiger partial charge in [-0.25, -0.2) is 4.99 Å². The molecule has 4 rings (SSSR count). The minimum Gasteiger partial charge on any atom is -0.379 e. The van der Waals surface area contributed by atoms with Crippen LogP contribution in [0.4, 0.5) is 11.4 Å². The molecule has 0 bridgehead atoms. The van der Waals surface area contributed by atoms with Crippen LogP contribution in [0.15, 0.2) is 53.5 Å². The number of nitrogens with zero attached hydrogens (tertiary/aromatic N) is 3. The van der Waals surface area contributed by atoms with Crippen molar-refractivity contribution in [3.05, 3.63) is 59.7 Å². The van der Waals surface area contributed by atoms with Gasteiger partial charge in [-0.3, -0.25) is 9.69 Å². The molecule has 1 amide bonds. The van der Waals surface area contributed by atoms with Crippen LogP contribution in [-0.4, -0.2) is 62.7 Å². The smallest absolute Gasteiger partial charge is 0.225 e. The van der Waals surface area contributed by atoms with Crippen LogP contribution in [0.5, 0.6) is 0 Å². The van der Waals surface area contributed by atoms with Gasteiger partial charge in [-0.15, -0.1) is 24.0 Å². The van der Waals surface area contributed by atoms with E-state index < -0.39 is 0 Å². The molecule has 0 atom stereocenters. The molecule has 2 aromatic rings. The van der Waals surface area contributed by atoms with Crippen LogP contribution >= 0.6 is 24.0 Å². The fourth-order valence-corrected chi connectivity index (χ4v) is 4.17. The number of halogens is 1. The van der Waals surface area contributed by atoms with Crippen molar-refractivity contribution in [1.29, 1.82) is 0 Å². The van der Waals surface area contributed by atoms with Crippen molar-refractivity contribution >= 4 is 47.2 Å². The number of guanidine groups is 1. The molecule has 2 aliphatic rings. The molecule has 2 aliphatic heterocycles. The first-order chi connectivity index (χ1) is 15.7. The fraction of sp³-hybridized carbons (Fsp3) is 0.440. The summed E-state index contributed by atoms with van der Waals surface area (Å²) in [6, 6.07) is 16.5. The summed E-state index contributed by atoms with van der Waals surface area (Å²) < 4.78 is 5.36. The number of anilines is 2. The second kappa shape index (κ2) is 12.9. The molecule has 178 valence electrons. The van der Waals surface area contributed by atoms with Gasteiger partial charge in [0.15, 0.2) is 5.96 Å². The predicted octanol–water partition coefficient (Wildman–Crippen LogP) is 3.49. The number of nitrogens with one attached hydrogen (secondary N) is 2. The van der Waals surface area contributed by atoms with E-state index >= 15 is 0 Å². The summed E-state index contributed by atoms with van der Waals surface area (Å²) in [5.74, 6) is 0.941. The normalized spacial score (nSPS) is 16.2. The molecule has 8 heteroatoms. The van der Waals surface area contributed by atoms with Crippen molar-refractivity contribution in [3.8, 4) is 0 Å². The van der Waals surface area contributed by atoms with Gasteiger partial charge in [0.25, 0.3) is 0 Å². The molecular weight excluding hydrogens is 529 g/mol. The number of hydrogen-bond donors (Lipinski definition) is 2. The molecule has 0 radical (unpaired) electrons. The zero-order valence-corrected chi connectivity index (χ0v) is 21.6. The first-order valence-electron chi connectivity index (χ1n) is 11.6. The van der Waals surface area contributed by atoms with E-state index in [0.717, 1.165) is 69.6 Å². The van der Waals surface area contributed by atoms with E-state index in [1.807, 2.05) is 24.3 Å². The Bertz CT molecular complexity index is 946. The first kappa shape index (κ1) is 25.5. The van der Waals surface area contributed by atoms with E-state index in [0.29, 0.717) is 13.0 Å². The molecule has 7 nitrogen and oxygen atoms in total. The average Bonchev–Trinajstić information content (AvgIpc) is 3.25. The zero-order chi connectivity index (χ0) is 22.2. The highest BCUT2D eigenvalue weighted by molar-refractivity contribution is 14.0. The second-order valence-corrected chi connectivity index (χ2v) is 8.15. The van der Waals surface area contributed by atoms with Crippen LogP contribution in [0.3, 0.4) is 0 Å². The summed E-state index contributed by atoms with van der Waals surface area (Å²) in [4.78, 5) is 21.8. The lowest BCUT2D eigenvalue weighted by Gasteiger charge is -2.26. The SMILES string of the molecule is CCNC(=NCc1cccc(NC(=O)CCN2CCOCC2)c1)N1CCc2ccccc21.I. The lowest BCUT2D eigenvalue weighted by molar-refractivity contribution is -0.116. The fourth-order valence-electron chi connectivity index (χ4n) is 4.17. The van der Waals surface area contributed by atoms with Gasteiger partial charge in [-0.05, 0) is 42.7 Å². The molecule has 2 heterocycles. The van der Waals surface area contributed by atoms with Crippen molar-refractivity contribution in [1.82, 2.24) is 10.2 Å². The molecular formula is C25H34IN5O2. The molecule has 0 aromatic heterocycles. The van der Waals surface area contributed by atoms with Crippen molar-refractivity contribution in [2.75, 3.05) is 56.2 Å². The van der Waals surface area contributed by atoms with Gasteiger partial charge >= 0.3 is 0 Å². The maximum absolute atomic E-state index is 12.4. The van der Waals surface area contributed by atoms with E-state index in [4.69, 9.17) is 9.73 Å². The van der Waals surface area contributed by atoms with Crippen molar-refractivity contribution in [2.24, 2.45) is 4.99 Å². The number of para-hydroxylation sites is 1. The van der Waals surface area contributed by atoms with E-state index in [9.17, 15) is 4.79 Å². The molecule has 0 unspecified atom stereocenters. The van der Waals surface area contributed by atoms with E-state index in [1.54, 1.807) is 0 Å². The van der Waals surface area contributed by atoms with Crippen LogP contribution in [0, 0.1) is 0 Å². The number of morpholine rings is 1. The Labute approximate surface area is 213 Å². The van der Waals surface area contributed by atoms with Gasteiger partial charge in [0.2, 0.25) is 5.91 Å². The average molecular weight is 563 g/mol. The number of rotatable bonds is 7. The summed E-state index contributed by atoms with van der Waals surface area (Å²) in [6.45, 7) is 8.46. The van der Waals surface area contributed by atoms with Crippen molar-refractivity contribution in [2.45, 2.75) is 26.3 Å². The van der Waals surface area contributed by atoms with Gasteiger partial charge in [-0.2, -0.15) is 0 Å². The summed E-state index contributed by atoms with van der Waals surface area (Å²) in [6.07, 6.45) is 1.52. The van der Waals surface area contributed by atoms with Crippen LogP contribution < -0.4 is 15.5 Å². The Morgan fingerprint density at radius 1 is 1.09 bits per heavy atom. The third-order valence-corrected chi connectivity index (χ3v) is 5.86. The number of aliphatic imine (C=N–C) groups is 1. The number of fused-ring (bicyclic) bond motifs is 1. The molecule has 33 heavy (non-hydrogen) atoms. The van der Waals surface area contributed by atoms with Crippen LogP contribution in [0.1, 0.15) is 24.5 Å². The molecule has 0 aliphatic carbocycles. The summed E-state index contributed by atoms with van der Waals surface area (Å²) >= 11 is 0. The minimum absolute atomic E-state index is 0. The number of carbonyl (C=O) groups is 1. The lowest BCUT2D eigenvalue weighted by atomic mass is 10.2. The quantitative estimate of drug-likeness (QED) is 0.307. The predicted molar refractivity (Wildman–Crippen MR) is 145 cm³/mol.